The number of ether oxygens (including phenoxy) is 1. The molecular formula is C13H16BrFN2O4S. The quantitative estimate of drug-likeness (QED) is 0.807. The Morgan fingerprint density at radius 3 is 2.64 bits per heavy atom. The van der Waals surface area contributed by atoms with Crippen LogP contribution in [0.15, 0.2) is 22.7 Å². The maximum atomic E-state index is 13.2. The van der Waals surface area contributed by atoms with Crippen LogP contribution in [0.5, 0.6) is 0 Å². The summed E-state index contributed by atoms with van der Waals surface area (Å²) >= 11 is 3.10. The maximum absolute atomic E-state index is 13.2. The minimum Gasteiger partial charge on any atom is -0.379 e. The van der Waals surface area contributed by atoms with Gasteiger partial charge in [-0.3, -0.25) is 4.79 Å². The van der Waals surface area contributed by atoms with Gasteiger partial charge in [-0.05, 0) is 18.2 Å². The molecule has 1 amide bonds. The van der Waals surface area contributed by atoms with E-state index in [1.165, 1.54) is 16.4 Å². The van der Waals surface area contributed by atoms with Gasteiger partial charge in [0.1, 0.15) is 5.82 Å². The highest BCUT2D eigenvalue weighted by Crippen LogP contribution is 2.14. The van der Waals surface area contributed by atoms with E-state index in [2.05, 4.69) is 21.2 Å². The molecule has 0 bridgehead atoms. The summed E-state index contributed by atoms with van der Waals surface area (Å²) in [6, 6.07) is 3.80. The van der Waals surface area contributed by atoms with Crippen molar-refractivity contribution in [2.75, 3.05) is 38.6 Å². The fourth-order valence-electron chi connectivity index (χ4n) is 2.03. The van der Waals surface area contributed by atoms with Crippen LogP contribution in [-0.4, -0.2) is 57.2 Å². The molecule has 1 heterocycles. The second-order valence-corrected chi connectivity index (χ2v) is 7.75. The zero-order valence-corrected chi connectivity index (χ0v) is 14.1. The van der Waals surface area contributed by atoms with E-state index < -0.39 is 21.7 Å². The van der Waals surface area contributed by atoms with Crippen molar-refractivity contribution in [2.24, 2.45) is 0 Å². The maximum Gasteiger partial charge on any atom is 0.251 e. The Bertz CT molecular complexity index is 627. The first-order valence-electron chi connectivity index (χ1n) is 6.68. The molecule has 9 heteroatoms. The molecule has 0 aliphatic carbocycles. The minimum absolute atomic E-state index is 0.0351. The van der Waals surface area contributed by atoms with E-state index in [4.69, 9.17) is 4.74 Å². The van der Waals surface area contributed by atoms with Gasteiger partial charge in [0, 0.05) is 29.7 Å². The molecule has 1 saturated heterocycles. The Morgan fingerprint density at radius 1 is 1.32 bits per heavy atom. The molecule has 0 unspecified atom stereocenters. The molecule has 0 atom stereocenters. The second-order valence-electron chi connectivity index (χ2n) is 4.74. The van der Waals surface area contributed by atoms with Crippen LogP contribution in [0.2, 0.25) is 0 Å². The number of halogens is 2. The first-order valence-corrected chi connectivity index (χ1v) is 9.08. The molecular weight excluding hydrogens is 379 g/mol. The fourth-order valence-corrected chi connectivity index (χ4v) is 3.82. The van der Waals surface area contributed by atoms with Crippen LogP contribution in [0.25, 0.3) is 0 Å². The van der Waals surface area contributed by atoms with Crippen LogP contribution < -0.4 is 5.32 Å². The number of carbonyl (C=O) groups is 1. The third-order valence-corrected chi connectivity index (χ3v) is 5.46. The SMILES string of the molecule is O=C(NCCS(=O)(=O)N1CCOCC1)c1cc(F)cc(Br)c1. The van der Waals surface area contributed by atoms with Crippen molar-refractivity contribution in [3.8, 4) is 0 Å². The number of hydrogen-bond acceptors (Lipinski definition) is 4. The zero-order chi connectivity index (χ0) is 16.2. The summed E-state index contributed by atoms with van der Waals surface area (Å²) in [7, 11) is -3.42. The molecule has 1 aliphatic heterocycles. The average molecular weight is 395 g/mol. The third-order valence-electron chi connectivity index (χ3n) is 3.13. The molecule has 0 aromatic heterocycles. The van der Waals surface area contributed by atoms with Gasteiger partial charge in [0.2, 0.25) is 10.0 Å². The molecule has 22 heavy (non-hydrogen) atoms. The van der Waals surface area contributed by atoms with Gasteiger partial charge in [-0.1, -0.05) is 15.9 Å². The number of carbonyl (C=O) groups excluding carboxylic acids is 1. The Labute approximate surface area is 136 Å². The zero-order valence-electron chi connectivity index (χ0n) is 11.7. The summed E-state index contributed by atoms with van der Waals surface area (Å²) in [5, 5.41) is 2.49. The second kappa shape index (κ2) is 7.49. The van der Waals surface area contributed by atoms with Gasteiger partial charge in [0.05, 0.1) is 19.0 Å². The molecule has 0 saturated carbocycles. The number of nitrogens with one attached hydrogen (secondary N) is 1. The van der Waals surface area contributed by atoms with E-state index in [1.54, 1.807) is 0 Å². The summed E-state index contributed by atoms with van der Waals surface area (Å²) in [5.41, 5.74) is 0.135. The van der Waals surface area contributed by atoms with Crippen LogP contribution in [-0.2, 0) is 14.8 Å². The third kappa shape index (κ3) is 4.73. The molecule has 1 fully saturated rings. The molecule has 0 radical (unpaired) electrons. The monoisotopic (exact) mass is 394 g/mol. The first kappa shape index (κ1) is 17.3. The summed E-state index contributed by atoms with van der Waals surface area (Å²) in [6.07, 6.45) is 0. The van der Waals surface area contributed by atoms with E-state index in [9.17, 15) is 17.6 Å². The lowest BCUT2D eigenvalue weighted by molar-refractivity contribution is 0.0730. The Morgan fingerprint density at radius 2 is 2.00 bits per heavy atom. The van der Waals surface area contributed by atoms with Gasteiger partial charge in [-0.25, -0.2) is 12.8 Å². The number of rotatable bonds is 5. The Balaban J connectivity index is 1.88. The van der Waals surface area contributed by atoms with Crippen molar-refractivity contribution in [1.82, 2.24) is 9.62 Å². The van der Waals surface area contributed by atoms with Gasteiger partial charge in [0.25, 0.3) is 5.91 Å². The Hall–Kier alpha value is -1.03. The van der Waals surface area contributed by atoms with E-state index in [1.807, 2.05) is 0 Å². The van der Waals surface area contributed by atoms with Gasteiger partial charge < -0.3 is 10.1 Å². The van der Waals surface area contributed by atoms with Gasteiger partial charge in [-0.15, -0.1) is 0 Å². The first-order chi connectivity index (χ1) is 10.4. The number of amides is 1. The molecule has 1 N–H and O–H groups in total. The van der Waals surface area contributed by atoms with E-state index in [0.29, 0.717) is 30.8 Å². The topological polar surface area (TPSA) is 75.7 Å². The fraction of sp³-hybridized carbons (Fsp3) is 0.462. The predicted molar refractivity (Wildman–Crippen MR) is 82.6 cm³/mol. The summed E-state index contributed by atoms with van der Waals surface area (Å²) in [5.74, 6) is -1.26. The number of benzene rings is 1. The highest BCUT2D eigenvalue weighted by Gasteiger charge is 2.24. The van der Waals surface area contributed by atoms with Crippen LogP contribution in [0.3, 0.4) is 0 Å². The van der Waals surface area contributed by atoms with E-state index >= 15 is 0 Å². The van der Waals surface area contributed by atoms with Gasteiger partial charge in [0.15, 0.2) is 0 Å². The van der Waals surface area contributed by atoms with Gasteiger partial charge >= 0.3 is 0 Å². The molecule has 6 nitrogen and oxygen atoms in total. The normalized spacial score (nSPS) is 16.5. The molecule has 1 aromatic carbocycles. The van der Waals surface area contributed by atoms with E-state index in [-0.39, 0.29) is 17.9 Å². The van der Waals surface area contributed by atoms with Crippen LogP contribution >= 0.6 is 15.9 Å². The summed E-state index contributed by atoms with van der Waals surface area (Å²) < 4.78 is 44.2. The standard InChI is InChI=1S/C13H16BrFN2O4S/c14-11-7-10(8-12(15)9-11)13(18)16-1-6-22(19,20)17-2-4-21-5-3-17/h7-9H,1-6H2,(H,16,18). The predicted octanol–water partition coefficient (Wildman–Crippen LogP) is 0.980. The van der Waals surface area contributed by atoms with E-state index in [0.717, 1.165) is 6.07 Å². The number of sulfonamides is 1. The smallest absolute Gasteiger partial charge is 0.251 e. The molecule has 2 rings (SSSR count). The number of hydrogen-bond donors (Lipinski definition) is 1. The lowest BCUT2D eigenvalue weighted by atomic mass is 10.2. The van der Waals surface area contributed by atoms with Crippen molar-refractivity contribution in [3.05, 3.63) is 34.1 Å². The lowest BCUT2D eigenvalue weighted by Gasteiger charge is -2.26. The lowest BCUT2D eigenvalue weighted by Crippen LogP contribution is -2.43. The van der Waals surface area contributed by atoms with Crippen molar-refractivity contribution in [1.29, 1.82) is 0 Å². The van der Waals surface area contributed by atoms with Crippen LogP contribution in [0, 0.1) is 5.82 Å². The average Bonchev–Trinajstić information content (AvgIpc) is 2.47. The van der Waals surface area contributed by atoms with Crippen LogP contribution in [0.4, 0.5) is 4.39 Å². The summed E-state index contributed by atoms with van der Waals surface area (Å²) in [6.45, 7) is 1.37. The largest absolute Gasteiger partial charge is 0.379 e. The van der Waals surface area contributed by atoms with Crippen molar-refractivity contribution < 1.29 is 22.3 Å². The van der Waals surface area contributed by atoms with Crippen LogP contribution in [0.1, 0.15) is 10.4 Å². The molecule has 122 valence electrons. The van der Waals surface area contributed by atoms with Crippen molar-refractivity contribution in [3.63, 3.8) is 0 Å². The summed E-state index contributed by atoms with van der Waals surface area (Å²) in [4.78, 5) is 11.9. The Kier molecular flexibility index (Phi) is 5.90. The van der Waals surface area contributed by atoms with Crippen molar-refractivity contribution in [2.45, 2.75) is 0 Å². The van der Waals surface area contributed by atoms with Gasteiger partial charge in [-0.2, -0.15) is 4.31 Å². The molecule has 1 aliphatic rings. The highest BCUT2D eigenvalue weighted by atomic mass is 79.9. The highest BCUT2D eigenvalue weighted by molar-refractivity contribution is 9.10. The number of nitrogens with zero attached hydrogens (tertiary/aromatic N) is 1. The molecule has 1 aromatic rings. The molecule has 0 spiro atoms. The van der Waals surface area contributed by atoms with Crippen molar-refractivity contribution >= 4 is 31.9 Å². The number of morpholine rings is 1. The minimum atomic E-state index is -3.42.